The van der Waals surface area contributed by atoms with Gasteiger partial charge in [0.1, 0.15) is 6.42 Å². The molecule has 4 aliphatic carbocycles. The molecule has 8 fully saturated rings. The summed E-state index contributed by atoms with van der Waals surface area (Å²) in [7, 11) is 0. The molecule has 4 saturated heterocycles. The lowest BCUT2D eigenvalue weighted by atomic mass is 9.44. The maximum atomic E-state index is 13.0. The molecule has 8 aliphatic rings. The predicted molar refractivity (Wildman–Crippen MR) is 171 cm³/mol. The Morgan fingerprint density at radius 2 is 1.67 bits per heavy atom. The third kappa shape index (κ3) is 5.04. The molecule has 45 heavy (non-hydrogen) atoms. The first-order chi connectivity index (χ1) is 21.6. The molecule has 0 radical (unpaired) electrons. The highest BCUT2D eigenvalue weighted by atomic mass is 16.7. The molecule has 8 rings (SSSR count). The van der Waals surface area contributed by atoms with Gasteiger partial charge in [0, 0.05) is 50.6 Å². The van der Waals surface area contributed by atoms with Crippen LogP contribution in [0.1, 0.15) is 98.3 Å². The van der Waals surface area contributed by atoms with Gasteiger partial charge in [-0.2, -0.15) is 0 Å². The van der Waals surface area contributed by atoms with Gasteiger partial charge in [-0.1, -0.05) is 27.7 Å². The first-order valence-corrected chi connectivity index (χ1v) is 18.8. The second-order valence-electron chi connectivity index (χ2n) is 17.5. The standard InChI is InChI=1S/C37H59N3O5/c1-23-7-12-37(44-22-23)24(2)34-31(45-37)18-30-28-6-5-25-17-26(8-10-35(25,3)29(28)9-11-36(30,34)4)38-32(41)19-33(42)40-20-27(21-40)39-13-15-43-16-14-39/h23-31,34H,5-22H2,1-4H3,(H,38,41)/t23-,24+,25-,26?,28-,29?,30+,31+,34+,35+,36+,37-/m1/s1. The number of carbonyl (C=O) groups is 2. The fourth-order valence-corrected chi connectivity index (χ4v) is 12.8. The maximum Gasteiger partial charge on any atom is 0.232 e. The molecule has 2 amide bonds. The van der Waals surface area contributed by atoms with E-state index in [2.05, 4.69) is 37.9 Å². The first kappa shape index (κ1) is 31.1. The lowest BCUT2D eigenvalue weighted by molar-refractivity contribution is -0.273. The largest absolute Gasteiger partial charge is 0.379 e. The van der Waals surface area contributed by atoms with Crippen molar-refractivity contribution < 1.29 is 23.8 Å². The van der Waals surface area contributed by atoms with Crippen LogP contribution in [-0.2, 0) is 23.8 Å². The van der Waals surface area contributed by atoms with Crippen LogP contribution in [0.2, 0.25) is 0 Å². The Morgan fingerprint density at radius 3 is 2.42 bits per heavy atom. The molecule has 2 unspecified atom stereocenters. The fraction of sp³-hybridized carbons (Fsp3) is 0.946. The predicted octanol–water partition coefficient (Wildman–Crippen LogP) is 4.85. The highest BCUT2D eigenvalue weighted by Crippen LogP contribution is 2.71. The van der Waals surface area contributed by atoms with Gasteiger partial charge in [-0.3, -0.25) is 14.5 Å². The highest BCUT2D eigenvalue weighted by Gasteiger charge is 2.69. The Balaban J connectivity index is 0.853. The van der Waals surface area contributed by atoms with Crippen molar-refractivity contribution >= 4 is 11.8 Å². The Kier molecular flexibility index (Phi) is 7.90. The third-order valence-corrected chi connectivity index (χ3v) is 15.4. The third-order valence-electron chi connectivity index (χ3n) is 15.4. The molecule has 0 bridgehead atoms. The van der Waals surface area contributed by atoms with Gasteiger partial charge in [0.05, 0.1) is 25.9 Å². The van der Waals surface area contributed by atoms with Gasteiger partial charge >= 0.3 is 0 Å². The minimum absolute atomic E-state index is 0.00654. The lowest BCUT2D eigenvalue weighted by Gasteiger charge is -2.61. The van der Waals surface area contributed by atoms with Crippen LogP contribution in [0.25, 0.3) is 0 Å². The molecule has 4 heterocycles. The average molecular weight is 626 g/mol. The number of nitrogens with one attached hydrogen (secondary N) is 1. The first-order valence-electron chi connectivity index (χ1n) is 18.8. The van der Waals surface area contributed by atoms with Crippen molar-refractivity contribution in [3.63, 3.8) is 0 Å². The number of nitrogens with zero attached hydrogens (tertiary/aromatic N) is 2. The molecule has 1 N–H and O–H groups in total. The molecule has 1 spiro atoms. The molecular formula is C37H59N3O5. The Hall–Kier alpha value is -1.22. The van der Waals surface area contributed by atoms with E-state index in [4.69, 9.17) is 14.2 Å². The number of amides is 2. The Morgan fingerprint density at radius 1 is 0.889 bits per heavy atom. The summed E-state index contributed by atoms with van der Waals surface area (Å²) in [6, 6.07) is 0.636. The average Bonchev–Trinajstić information content (AvgIpc) is 3.44. The maximum absolute atomic E-state index is 13.0. The van der Waals surface area contributed by atoms with E-state index in [1.807, 2.05) is 4.90 Å². The minimum Gasteiger partial charge on any atom is -0.379 e. The summed E-state index contributed by atoms with van der Waals surface area (Å²) >= 11 is 0. The number of fused-ring (bicyclic) bond motifs is 7. The van der Waals surface area contributed by atoms with E-state index in [0.717, 1.165) is 83.0 Å². The zero-order valence-corrected chi connectivity index (χ0v) is 28.4. The lowest BCUT2D eigenvalue weighted by Crippen LogP contribution is -2.63. The second-order valence-corrected chi connectivity index (χ2v) is 17.5. The zero-order valence-electron chi connectivity index (χ0n) is 28.4. The summed E-state index contributed by atoms with van der Waals surface area (Å²) < 4.78 is 19.0. The topological polar surface area (TPSA) is 80.3 Å². The van der Waals surface area contributed by atoms with E-state index >= 15 is 0 Å². The van der Waals surface area contributed by atoms with Crippen molar-refractivity contribution in [3.05, 3.63) is 0 Å². The van der Waals surface area contributed by atoms with E-state index in [1.165, 1.54) is 44.9 Å². The normalized spacial score (nSPS) is 49.9. The van der Waals surface area contributed by atoms with Crippen LogP contribution in [-0.4, -0.2) is 91.6 Å². The molecule has 252 valence electrons. The molecular weight excluding hydrogens is 566 g/mol. The smallest absolute Gasteiger partial charge is 0.232 e. The summed E-state index contributed by atoms with van der Waals surface area (Å²) in [6.07, 6.45) is 12.5. The SMILES string of the molecule is C[C@@H]1CC[C@@]2(OC1)O[C@H]1C[C@H]3[C@@H]4CC[C@@H]5CC(NC(=O)CC(=O)N6CC(N7CCOCC7)C6)CC[C@]5(C)C4CC[C@]3(C)[C@H]1[C@@H]2C. The summed E-state index contributed by atoms with van der Waals surface area (Å²) in [6.45, 7) is 15.8. The number of hydrogen-bond donors (Lipinski definition) is 1. The van der Waals surface area contributed by atoms with Crippen LogP contribution >= 0.6 is 0 Å². The quantitative estimate of drug-likeness (QED) is 0.450. The van der Waals surface area contributed by atoms with Gasteiger partial charge in [-0.05, 0) is 104 Å². The van der Waals surface area contributed by atoms with Gasteiger partial charge in [-0.15, -0.1) is 0 Å². The molecule has 0 aromatic carbocycles. The van der Waals surface area contributed by atoms with E-state index in [9.17, 15) is 9.59 Å². The molecule has 4 saturated carbocycles. The van der Waals surface area contributed by atoms with Crippen molar-refractivity contribution in [2.75, 3.05) is 46.0 Å². The van der Waals surface area contributed by atoms with Crippen LogP contribution in [0.15, 0.2) is 0 Å². The van der Waals surface area contributed by atoms with Gasteiger partial charge in [0.15, 0.2) is 5.79 Å². The number of ether oxygens (including phenoxy) is 3. The van der Waals surface area contributed by atoms with Crippen LogP contribution < -0.4 is 5.32 Å². The van der Waals surface area contributed by atoms with E-state index in [-0.39, 0.29) is 30.1 Å². The minimum atomic E-state index is -0.329. The van der Waals surface area contributed by atoms with E-state index in [0.29, 0.717) is 46.6 Å². The van der Waals surface area contributed by atoms with Crippen molar-refractivity contribution in [2.45, 2.75) is 122 Å². The molecule has 0 aromatic rings. The molecule has 4 aliphatic heterocycles. The molecule has 12 atom stereocenters. The Labute approximate surface area is 271 Å². The van der Waals surface area contributed by atoms with Gasteiger partial charge in [-0.25, -0.2) is 0 Å². The van der Waals surface area contributed by atoms with E-state index in [1.54, 1.807) is 0 Å². The zero-order chi connectivity index (χ0) is 31.1. The van der Waals surface area contributed by atoms with Crippen LogP contribution in [0.4, 0.5) is 0 Å². The van der Waals surface area contributed by atoms with Crippen molar-refractivity contribution in [1.82, 2.24) is 15.1 Å². The number of hydrogen-bond acceptors (Lipinski definition) is 6. The summed E-state index contributed by atoms with van der Waals surface area (Å²) in [4.78, 5) is 30.2. The van der Waals surface area contributed by atoms with Crippen LogP contribution in [0.3, 0.4) is 0 Å². The van der Waals surface area contributed by atoms with Crippen molar-refractivity contribution in [1.29, 1.82) is 0 Å². The second kappa shape index (κ2) is 11.4. The Bertz CT molecular complexity index is 1140. The van der Waals surface area contributed by atoms with Crippen molar-refractivity contribution in [2.24, 2.45) is 52.3 Å². The fourth-order valence-electron chi connectivity index (χ4n) is 12.8. The van der Waals surface area contributed by atoms with Crippen LogP contribution in [0, 0.1) is 52.3 Å². The van der Waals surface area contributed by atoms with Gasteiger partial charge < -0.3 is 24.4 Å². The highest BCUT2D eigenvalue weighted by molar-refractivity contribution is 5.97. The number of rotatable bonds is 4. The van der Waals surface area contributed by atoms with E-state index < -0.39 is 0 Å². The summed E-state index contributed by atoms with van der Waals surface area (Å²) in [5.74, 6) is 4.34. The molecule has 0 aromatic heterocycles. The number of morpholine rings is 1. The van der Waals surface area contributed by atoms with Crippen LogP contribution in [0.5, 0.6) is 0 Å². The van der Waals surface area contributed by atoms with Gasteiger partial charge in [0.25, 0.3) is 0 Å². The van der Waals surface area contributed by atoms with Gasteiger partial charge in [0.2, 0.25) is 11.8 Å². The van der Waals surface area contributed by atoms with Crippen molar-refractivity contribution in [3.8, 4) is 0 Å². The molecule has 8 nitrogen and oxygen atoms in total. The molecule has 8 heteroatoms. The summed E-state index contributed by atoms with van der Waals surface area (Å²) in [5, 5.41) is 3.31. The number of carbonyl (C=O) groups excluding carboxylic acids is 2. The monoisotopic (exact) mass is 625 g/mol. The summed E-state index contributed by atoms with van der Waals surface area (Å²) in [5.41, 5.74) is 0.724. The number of likely N-dealkylation sites (tertiary alicyclic amines) is 1.